The third kappa shape index (κ3) is 4.72. The zero-order chi connectivity index (χ0) is 24.6. The molecule has 1 fully saturated rings. The number of methoxy groups -OCH3 is 1. The highest BCUT2D eigenvalue weighted by Gasteiger charge is 2.32. The highest BCUT2D eigenvalue weighted by atomic mass is 35.5. The monoisotopic (exact) mass is 496 g/mol. The van der Waals surface area contributed by atoms with E-state index in [1.165, 1.54) is 17.7 Å². The number of hydrogen-bond acceptors (Lipinski definition) is 3. The van der Waals surface area contributed by atoms with E-state index in [1.54, 1.807) is 22.8 Å². The number of ether oxygens (including phenoxy) is 1. The zero-order valence-corrected chi connectivity index (χ0v) is 19.1. The highest BCUT2D eigenvalue weighted by Crippen LogP contribution is 2.35. The van der Waals surface area contributed by atoms with E-state index in [0.29, 0.717) is 47.5 Å². The summed E-state index contributed by atoms with van der Waals surface area (Å²) in [6.07, 6.45) is -2.15. The molecule has 1 saturated carbocycles. The van der Waals surface area contributed by atoms with Crippen molar-refractivity contribution < 1.29 is 22.7 Å². The van der Waals surface area contributed by atoms with Crippen molar-refractivity contribution in [3.63, 3.8) is 0 Å². The largest absolute Gasteiger partial charge is 0.495 e. The molecule has 182 valence electrons. The summed E-state index contributed by atoms with van der Waals surface area (Å²) in [5, 5.41) is 3.02. The third-order valence-electron chi connectivity index (χ3n) is 6.26. The van der Waals surface area contributed by atoms with Gasteiger partial charge >= 0.3 is 17.9 Å². The Morgan fingerprint density at radius 3 is 2.44 bits per heavy atom. The highest BCUT2D eigenvalue weighted by molar-refractivity contribution is 6.32. The van der Waals surface area contributed by atoms with E-state index in [1.807, 2.05) is 0 Å². The van der Waals surface area contributed by atoms with Gasteiger partial charge in [-0.1, -0.05) is 17.7 Å². The maximum atomic E-state index is 13.5. The molecule has 1 aliphatic rings. The van der Waals surface area contributed by atoms with Crippen LogP contribution in [0.3, 0.4) is 0 Å². The fraction of sp³-hybridized carbons (Fsp3) is 0.391. The summed E-state index contributed by atoms with van der Waals surface area (Å²) in [7, 11) is 1.48. The van der Waals surface area contributed by atoms with Crippen molar-refractivity contribution in [3.05, 3.63) is 63.0 Å². The van der Waals surface area contributed by atoms with Crippen LogP contribution in [0.15, 0.2) is 41.2 Å². The Labute approximate surface area is 198 Å². The van der Waals surface area contributed by atoms with Crippen molar-refractivity contribution >= 4 is 28.7 Å². The lowest BCUT2D eigenvalue weighted by Crippen LogP contribution is -2.41. The summed E-state index contributed by atoms with van der Waals surface area (Å²) in [5.41, 5.74) is 5.27. The molecule has 2 amide bonds. The second-order valence-electron chi connectivity index (χ2n) is 8.42. The van der Waals surface area contributed by atoms with Crippen molar-refractivity contribution in [2.75, 3.05) is 7.11 Å². The molecule has 0 unspecified atom stereocenters. The van der Waals surface area contributed by atoms with Gasteiger partial charge in [0.2, 0.25) is 0 Å². The number of imidazole rings is 1. The van der Waals surface area contributed by atoms with Gasteiger partial charge in [-0.25, -0.2) is 9.59 Å². The molecule has 1 heterocycles. The van der Waals surface area contributed by atoms with Gasteiger partial charge in [-0.3, -0.25) is 9.13 Å². The smallest absolute Gasteiger partial charge is 0.416 e. The number of hydrogen-bond donors (Lipinski definition) is 2. The number of urea groups is 1. The van der Waals surface area contributed by atoms with E-state index in [4.69, 9.17) is 22.1 Å². The summed E-state index contributed by atoms with van der Waals surface area (Å²) in [5.74, 6) is 0.459. The van der Waals surface area contributed by atoms with Crippen LogP contribution in [0.25, 0.3) is 11.0 Å². The molecule has 2 aromatic carbocycles. The Hall–Kier alpha value is -3.14. The van der Waals surface area contributed by atoms with Gasteiger partial charge in [-0.05, 0) is 61.6 Å². The second kappa shape index (κ2) is 9.25. The van der Waals surface area contributed by atoms with Crippen LogP contribution in [-0.2, 0) is 12.7 Å². The molecule has 0 aliphatic heterocycles. The van der Waals surface area contributed by atoms with E-state index in [9.17, 15) is 22.8 Å². The fourth-order valence-corrected chi connectivity index (χ4v) is 4.91. The van der Waals surface area contributed by atoms with Crippen LogP contribution >= 0.6 is 11.6 Å². The van der Waals surface area contributed by atoms with Crippen molar-refractivity contribution in [1.82, 2.24) is 14.5 Å². The molecule has 4 rings (SSSR count). The third-order valence-corrected chi connectivity index (χ3v) is 6.55. The number of benzene rings is 2. The zero-order valence-electron chi connectivity index (χ0n) is 18.4. The minimum Gasteiger partial charge on any atom is -0.495 e. The van der Waals surface area contributed by atoms with Crippen LogP contribution in [0.2, 0.25) is 5.02 Å². The number of nitrogens with one attached hydrogen (secondary N) is 1. The lowest BCUT2D eigenvalue weighted by atomic mass is 9.91. The predicted octanol–water partition coefficient (Wildman–Crippen LogP) is 4.68. The summed E-state index contributed by atoms with van der Waals surface area (Å²) < 4.78 is 48.4. The first-order valence-corrected chi connectivity index (χ1v) is 11.2. The normalized spacial score (nSPS) is 18.7. The van der Waals surface area contributed by atoms with Crippen molar-refractivity contribution in [2.24, 2.45) is 5.73 Å². The number of fused-ring (bicyclic) bond motifs is 1. The Bertz CT molecular complexity index is 1280. The van der Waals surface area contributed by atoms with E-state index in [0.717, 1.165) is 12.1 Å². The van der Waals surface area contributed by atoms with Crippen LogP contribution in [0.4, 0.5) is 18.0 Å². The average Bonchev–Trinajstić information content (AvgIpc) is 3.04. The lowest BCUT2D eigenvalue weighted by Gasteiger charge is -2.29. The number of halogens is 4. The maximum Gasteiger partial charge on any atom is 0.416 e. The summed E-state index contributed by atoms with van der Waals surface area (Å²) in [6, 6.07) is 7.45. The topological polar surface area (TPSA) is 91.3 Å². The number of nitrogens with two attached hydrogens (primary N) is 1. The molecule has 7 nitrogen and oxygen atoms in total. The van der Waals surface area contributed by atoms with Crippen molar-refractivity contribution in [1.29, 1.82) is 0 Å². The van der Waals surface area contributed by atoms with Gasteiger partial charge in [0.15, 0.2) is 0 Å². The van der Waals surface area contributed by atoms with Crippen LogP contribution in [0, 0.1) is 0 Å². The minimum atomic E-state index is -4.54. The van der Waals surface area contributed by atoms with Crippen LogP contribution < -0.4 is 21.5 Å². The van der Waals surface area contributed by atoms with Gasteiger partial charge in [0, 0.05) is 12.1 Å². The number of carbonyl (C=O) groups is 1. The predicted molar refractivity (Wildman–Crippen MR) is 122 cm³/mol. The van der Waals surface area contributed by atoms with E-state index in [2.05, 4.69) is 5.32 Å². The summed E-state index contributed by atoms with van der Waals surface area (Å²) in [6.45, 7) is 0.0476. The van der Waals surface area contributed by atoms with E-state index < -0.39 is 23.5 Å². The molecular formula is C23H24ClF3N4O3. The maximum absolute atomic E-state index is 13.5. The van der Waals surface area contributed by atoms with Gasteiger partial charge in [-0.2, -0.15) is 13.2 Å². The molecule has 1 aromatic heterocycles. The number of alkyl halides is 3. The first-order chi connectivity index (χ1) is 16.1. The Morgan fingerprint density at radius 2 is 1.85 bits per heavy atom. The van der Waals surface area contributed by atoms with Crippen LogP contribution in [0.5, 0.6) is 5.75 Å². The van der Waals surface area contributed by atoms with Gasteiger partial charge in [0.25, 0.3) is 0 Å². The molecule has 0 spiro atoms. The molecule has 0 atom stereocenters. The molecule has 0 saturated heterocycles. The van der Waals surface area contributed by atoms with Crippen molar-refractivity contribution in [3.8, 4) is 5.75 Å². The lowest BCUT2D eigenvalue weighted by molar-refractivity contribution is -0.137. The quantitative estimate of drug-likeness (QED) is 0.537. The number of rotatable bonds is 5. The summed E-state index contributed by atoms with van der Waals surface area (Å²) >= 11 is 6.21. The molecule has 0 radical (unpaired) electrons. The Balaban J connectivity index is 1.76. The number of nitrogens with zero attached hydrogens (tertiary/aromatic N) is 2. The van der Waals surface area contributed by atoms with Crippen molar-refractivity contribution in [2.45, 2.75) is 50.5 Å². The van der Waals surface area contributed by atoms with E-state index >= 15 is 0 Å². The minimum absolute atomic E-state index is 0.0476. The number of amides is 2. The van der Waals surface area contributed by atoms with Gasteiger partial charge in [-0.15, -0.1) is 0 Å². The van der Waals surface area contributed by atoms with Gasteiger partial charge in [0.05, 0.1) is 35.3 Å². The average molecular weight is 497 g/mol. The molecular weight excluding hydrogens is 473 g/mol. The van der Waals surface area contributed by atoms with E-state index in [-0.39, 0.29) is 24.1 Å². The Kier molecular flexibility index (Phi) is 6.53. The Morgan fingerprint density at radius 1 is 1.15 bits per heavy atom. The van der Waals surface area contributed by atoms with Gasteiger partial charge < -0.3 is 15.8 Å². The van der Waals surface area contributed by atoms with Crippen LogP contribution in [0.1, 0.15) is 42.9 Å². The first-order valence-electron chi connectivity index (χ1n) is 10.8. The molecule has 34 heavy (non-hydrogen) atoms. The second-order valence-corrected chi connectivity index (χ2v) is 8.83. The van der Waals surface area contributed by atoms with Gasteiger partial charge in [0.1, 0.15) is 5.75 Å². The summed E-state index contributed by atoms with van der Waals surface area (Å²) in [4.78, 5) is 24.7. The number of primary amides is 1. The SMILES string of the molecule is COc1ccc(Cn2c(=O)n([C@H]3CC[C@H](NC(N)=O)CC3)c3ccc(C(F)(F)F)cc32)cc1Cl. The fourth-order valence-electron chi connectivity index (χ4n) is 4.63. The number of aromatic nitrogens is 2. The molecule has 11 heteroatoms. The first kappa shape index (κ1) is 24.0. The molecule has 0 bridgehead atoms. The molecule has 3 N–H and O–H groups in total. The molecule has 3 aromatic rings. The number of carbonyl (C=O) groups excluding carboxylic acids is 1. The molecule has 1 aliphatic carbocycles. The standard InChI is InChI=1S/C23H24ClF3N4O3/c1-34-20-9-2-13(10-17(20)24)12-30-19-11-14(23(25,26)27)3-8-18(19)31(22(30)33)16-6-4-15(5-7-16)29-21(28)32/h2-3,8-11,15-16H,4-7,12H2,1H3,(H3,28,29,32)/t15-,16-. The van der Waals surface area contributed by atoms with Crippen LogP contribution in [-0.4, -0.2) is 28.3 Å².